The van der Waals surface area contributed by atoms with Gasteiger partial charge in [0.1, 0.15) is 37.9 Å². The van der Waals surface area contributed by atoms with Crippen LogP contribution in [0.1, 0.15) is 98.7 Å². The van der Waals surface area contributed by atoms with Crippen LogP contribution in [-0.2, 0) is 79.7 Å². The number of carboxylic acid groups (broad SMARTS) is 3. The molecular weight excluding hydrogens is 1010 g/mol. The Hall–Kier alpha value is -8.49. The maximum atomic E-state index is 13.2. The van der Waals surface area contributed by atoms with E-state index in [4.69, 9.17) is 47.7 Å². The van der Waals surface area contributed by atoms with Crippen LogP contribution in [-0.4, -0.2) is 121 Å². The SMILES string of the molecule is C=C(C)C(=O)OCCCOc1c(C)ccc(Cc2cc(Cc3cccc(OCC(COC(=O)C(=C)C)OC(=O)C(C)C(=O)O)c3C)cc(OCC(COC(=O)C(=C)C)OC(=O)CCC(=O)O)c2C)c1OC(=O)CCC(=O)O. The van der Waals surface area contributed by atoms with E-state index in [1.54, 1.807) is 51.1 Å². The Kier molecular flexibility index (Phi) is 25.1. The van der Waals surface area contributed by atoms with E-state index in [9.17, 15) is 53.4 Å². The van der Waals surface area contributed by atoms with Crippen LogP contribution in [0, 0.1) is 26.7 Å². The molecular formula is C56H66O21. The van der Waals surface area contributed by atoms with E-state index in [1.165, 1.54) is 20.8 Å². The standard InChI is InChI=1S/C56H66O21/c1-31(2)53(65)70-22-12-21-69-50-34(7)15-16-40(51(50)77-49(62)20-18-47(59)60)26-41-24-38(25-45(36(41)9)72-27-42(29-73-54(66)32(3)4)75-48(61)19-17-46(57)58)23-39-13-11-14-44(35(39)8)71-28-43(30-74-55(67)33(5)6)76-56(68)37(10)52(63)64/h11,13-16,24-25,37,42-43H,1,3,5,12,17-23,26-30H2,2,4,6-10H3,(H,57,58)(H,59,60)(H,63,64). The molecule has 0 aliphatic rings. The lowest BCUT2D eigenvalue weighted by Gasteiger charge is -2.22. The molecule has 21 heteroatoms. The van der Waals surface area contributed by atoms with Gasteiger partial charge in [0.25, 0.3) is 0 Å². The summed E-state index contributed by atoms with van der Waals surface area (Å²) < 4.78 is 51.1. The van der Waals surface area contributed by atoms with Crippen molar-refractivity contribution in [2.24, 2.45) is 5.92 Å². The second-order valence-corrected chi connectivity index (χ2v) is 18.0. The van der Waals surface area contributed by atoms with E-state index in [-0.39, 0.29) is 79.7 Å². The van der Waals surface area contributed by atoms with E-state index >= 15 is 0 Å². The van der Waals surface area contributed by atoms with Gasteiger partial charge in [-0.25, -0.2) is 14.4 Å². The Morgan fingerprint density at radius 1 is 0.545 bits per heavy atom. The average Bonchev–Trinajstić information content (AvgIpc) is 3.36. The van der Waals surface area contributed by atoms with Gasteiger partial charge in [-0.05, 0) is 100 Å². The molecule has 3 aromatic carbocycles. The van der Waals surface area contributed by atoms with Crippen LogP contribution in [0.15, 0.2) is 78.9 Å². The molecule has 3 rings (SSSR count). The summed E-state index contributed by atoms with van der Waals surface area (Å²) in [5.74, 6) is -9.57. The van der Waals surface area contributed by atoms with Crippen molar-refractivity contribution in [3.63, 3.8) is 0 Å². The normalized spacial score (nSPS) is 11.8. The van der Waals surface area contributed by atoms with Crippen molar-refractivity contribution in [2.45, 2.75) is 106 Å². The first-order valence-corrected chi connectivity index (χ1v) is 24.2. The topological polar surface area (TPSA) is 297 Å². The molecule has 3 atom stereocenters. The third-order valence-corrected chi connectivity index (χ3v) is 11.2. The van der Waals surface area contributed by atoms with Gasteiger partial charge in [-0.3, -0.25) is 28.8 Å². The van der Waals surface area contributed by atoms with Crippen LogP contribution < -0.4 is 18.9 Å². The van der Waals surface area contributed by atoms with Crippen molar-refractivity contribution in [1.82, 2.24) is 0 Å². The lowest BCUT2D eigenvalue weighted by atomic mass is 9.93. The lowest BCUT2D eigenvalue weighted by molar-refractivity contribution is -0.167. The van der Waals surface area contributed by atoms with E-state index < -0.39 is 111 Å². The zero-order chi connectivity index (χ0) is 57.5. The molecule has 0 aliphatic heterocycles. The molecule has 0 saturated heterocycles. The monoisotopic (exact) mass is 1070 g/mol. The van der Waals surface area contributed by atoms with Gasteiger partial charge in [0.15, 0.2) is 29.6 Å². The Bertz CT molecular complexity index is 2720. The Labute approximate surface area is 445 Å². The van der Waals surface area contributed by atoms with Crippen molar-refractivity contribution in [3.05, 3.63) is 118 Å². The summed E-state index contributed by atoms with van der Waals surface area (Å²) in [6.45, 7) is 19.7. The zero-order valence-corrected chi connectivity index (χ0v) is 44.3. The van der Waals surface area contributed by atoms with Crippen LogP contribution in [0.4, 0.5) is 0 Å². The van der Waals surface area contributed by atoms with E-state index in [2.05, 4.69) is 19.7 Å². The van der Waals surface area contributed by atoms with Gasteiger partial charge in [0, 0.05) is 35.1 Å². The second kappa shape index (κ2) is 30.8. The maximum Gasteiger partial charge on any atom is 0.333 e. The van der Waals surface area contributed by atoms with Crippen molar-refractivity contribution >= 4 is 53.7 Å². The fourth-order valence-corrected chi connectivity index (χ4v) is 6.71. The highest BCUT2D eigenvalue weighted by molar-refractivity contribution is 5.93. The van der Waals surface area contributed by atoms with Gasteiger partial charge in [-0.2, -0.15) is 0 Å². The number of hydrogen-bond donors (Lipinski definition) is 3. The van der Waals surface area contributed by atoms with Gasteiger partial charge in [0.2, 0.25) is 0 Å². The number of carbonyl (C=O) groups excluding carboxylic acids is 6. The van der Waals surface area contributed by atoms with Crippen LogP contribution in [0.3, 0.4) is 0 Å². The van der Waals surface area contributed by atoms with E-state index in [1.807, 2.05) is 12.1 Å². The molecule has 0 spiro atoms. The van der Waals surface area contributed by atoms with Crippen molar-refractivity contribution in [3.8, 4) is 23.0 Å². The van der Waals surface area contributed by atoms with E-state index in [0.29, 0.717) is 39.1 Å². The molecule has 0 aliphatic carbocycles. The number of benzene rings is 3. The Morgan fingerprint density at radius 2 is 1.09 bits per heavy atom. The van der Waals surface area contributed by atoms with Gasteiger partial charge < -0.3 is 58.0 Å². The Balaban J connectivity index is 2.16. The quantitative estimate of drug-likeness (QED) is 0.0140. The number of carboxylic acids is 3. The first-order valence-electron chi connectivity index (χ1n) is 24.2. The number of hydrogen-bond acceptors (Lipinski definition) is 18. The van der Waals surface area contributed by atoms with Gasteiger partial charge >= 0.3 is 53.7 Å². The molecule has 77 heavy (non-hydrogen) atoms. The number of aryl methyl sites for hydroxylation is 1. The summed E-state index contributed by atoms with van der Waals surface area (Å²) in [5.41, 5.74) is 4.49. The summed E-state index contributed by atoms with van der Waals surface area (Å²) in [7, 11) is 0. The van der Waals surface area contributed by atoms with E-state index in [0.717, 1.165) is 12.5 Å². The summed E-state index contributed by atoms with van der Waals surface area (Å²) in [6.07, 6.45) is -3.92. The minimum atomic E-state index is -1.53. The Morgan fingerprint density at radius 3 is 1.66 bits per heavy atom. The zero-order valence-electron chi connectivity index (χ0n) is 44.3. The predicted octanol–water partition coefficient (Wildman–Crippen LogP) is 6.86. The number of ether oxygens (including phenoxy) is 9. The molecule has 3 unspecified atom stereocenters. The summed E-state index contributed by atoms with van der Waals surface area (Å²) in [6, 6.07) is 12.2. The highest BCUT2D eigenvalue weighted by atomic mass is 16.6. The first kappa shape index (κ1) is 62.8. The van der Waals surface area contributed by atoms with Crippen LogP contribution >= 0.6 is 0 Å². The van der Waals surface area contributed by atoms with Crippen molar-refractivity contribution in [2.75, 3.05) is 39.6 Å². The number of aliphatic carboxylic acids is 3. The first-order chi connectivity index (χ1) is 36.3. The molecule has 21 nitrogen and oxygen atoms in total. The van der Waals surface area contributed by atoms with Crippen molar-refractivity contribution in [1.29, 1.82) is 0 Å². The van der Waals surface area contributed by atoms with Gasteiger partial charge in [0.05, 0.1) is 38.9 Å². The number of esters is 6. The molecule has 0 amide bonds. The molecule has 0 bridgehead atoms. The van der Waals surface area contributed by atoms with Crippen LogP contribution in [0.5, 0.6) is 23.0 Å². The molecule has 0 fully saturated rings. The predicted molar refractivity (Wildman–Crippen MR) is 274 cm³/mol. The fourth-order valence-electron chi connectivity index (χ4n) is 6.71. The molecule has 0 saturated carbocycles. The largest absolute Gasteiger partial charge is 0.489 e. The molecule has 0 aromatic heterocycles. The average molecular weight is 1080 g/mol. The van der Waals surface area contributed by atoms with Crippen molar-refractivity contribution < 1.29 is 101 Å². The van der Waals surface area contributed by atoms with Crippen LogP contribution in [0.2, 0.25) is 0 Å². The smallest absolute Gasteiger partial charge is 0.333 e. The highest BCUT2D eigenvalue weighted by Gasteiger charge is 2.28. The minimum absolute atomic E-state index is 0.00297. The van der Waals surface area contributed by atoms with Gasteiger partial charge in [-0.15, -0.1) is 0 Å². The maximum absolute atomic E-state index is 13.2. The fraction of sp³-hybridized carbons (Fsp3) is 0.411. The molecule has 416 valence electrons. The molecule has 3 N–H and O–H groups in total. The minimum Gasteiger partial charge on any atom is -0.489 e. The van der Waals surface area contributed by atoms with Crippen LogP contribution in [0.25, 0.3) is 0 Å². The summed E-state index contributed by atoms with van der Waals surface area (Å²) in [4.78, 5) is 109. The molecule has 0 heterocycles. The lowest BCUT2D eigenvalue weighted by Crippen LogP contribution is -2.34. The summed E-state index contributed by atoms with van der Waals surface area (Å²) >= 11 is 0. The molecule has 0 radical (unpaired) electrons. The third-order valence-electron chi connectivity index (χ3n) is 11.2. The third kappa shape index (κ3) is 21.3. The number of carbonyl (C=O) groups is 9. The van der Waals surface area contributed by atoms with Gasteiger partial charge in [-0.1, -0.05) is 50.1 Å². The second-order valence-electron chi connectivity index (χ2n) is 18.0. The number of rotatable bonds is 33. The summed E-state index contributed by atoms with van der Waals surface area (Å²) in [5, 5.41) is 27.9. The molecule has 3 aromatic rings. The highest BCUT2D eigenvalue weighted by Crippen LogP contribution is 2.39.